The van der Waals surface area contributed by atoms with Crippen molar-refractivity contribution in [2.45, 2.75) is 0 Å². The highest BCUT2D eigenvalue weighted by Gasteiger charge is 2.23. The van der Waals surface area contributed by atoms with Gasteiger partial charge in [0, 0.05) is 10.6 Å². The molecular formula is C9H7BrN2O. The van der Waals surface area contributed by atoms with Gasteiger partial charge in [0.05, 0.1) is 11.6 Å². The lowest BCUT2D eigenvalue weighted by Crippen LogP contribution is -2.21. The number of hydrogen-bond donors (Lipinski definition) is 2. The largest absolute Gasteiger partial charge is 0.511 e. The molecule has 1 unspecified atom stereocenters. The molecule has 0 aromatic carbocycles. The zero-order valence-electron chi connectivity index (χ0n) is 6.66. The molecule has 0 spiro atoms. The van der Waals surface area contributed by atoms with E-state index in [0.717, 1.165) is 4.48 Å². The first-order valence-corrected chi connectivity index (χ1v) is 4.59. The Hall–Kier alpha value is -1.16. The molecule has 0 fully saturated rings. The van der Waals surface area contributed by atoms with Crippen LogP contribution >= 0.6 is 15.9 Å². The van der Waals surface area contributed by atoms with Gasteiger partial charge in [0.1, 0.15) is 11.6 Å². The number of hydrogen-bond acceptors (Lipinski definition) is 2. The van der Waals surface area contributed by atoms with E-state index in [-0.39, 0.29) is 17.5 Å². The molecule has 2 N–H and O–H groups in total. The number of aliphatic imine (C=N–C) groups is 1. The van der Waals surface area contributed by atoms with Gasteiger partial charge < -0.3 is 5.11 Å². The highest BCUT2D eigenvalue weighted by Crippen LogP contribution is 2.26. The molecule has 1 atom stereocenters. The normalized spacial score (nSPS) is 26.1. The van der Waals surface area contributed by atoms with E-state index in [0.29, 0.717) is 5.71 Å². The van der Waals surface area contributed by atoms with Crippen molar-refractivity contribution in [3.63, 3.8) is 0 Å². The van der Waals surface area contributed by atoms with E-state index in [4.69, 9.17) is 5.41 Å². The van der Waals surface area contributed by atoms with Gasteiger partial charge in [-0.3, -0.25) is 5.41 Å². The van der Waals surface area contributed by atoms with Crippen molar-refractivity contribution in [2.24, 2.45) is 10.9 Å². The summed E-state index contributed by atoms with van der Waals surface area (Å²) in [5.74, 6) is 0.0876. The van der Waals surface area contributed by atoms with Gasteiger partial charge >= 0.3 is 0 Å². The van der Waals surface area contributed by atoms with Gasteiger partial charge in [-0.15, -0.1) is 0 Å². The Labute approximate surface area is 83.8 Å². The Morgan fingerprint density at radius 3 is 3.00 bits per heavy atom. The van der Waals surface area contributed by atoms with E-state index < -0.39 is 0 Å². The van der Waals surface area contributed by atoms with Crippen LogP contribution in [-0.2, 0) is 0 Å². The number of nitrogens with one attached hydrogen (secondary N) is 1. The number of nitrogens with zero attached hydrogens (tertiary/aromatic N) is 1. The number of halogens is 1. The predicted octanol–water partition coefficient (Wildman–Crippen LogP) is 2.32. The minimum atomic E-state index is -0.187. The minimum Gasteiger partial charge on any atom is -0.511 e. The SMILES string of the molecule is N=C1C=C(O)C2C=C(Br)C=CC2=N1. The van der Waals surface area contributed by atoms with Gasteiger partial charge in [0.25, 0.3) is 0 Å². The van der Waals surface area contributed by atoms with Gasteiger partial charge in [0.2, 0.25) is 0 Å². The van der Waals surface area contributed by atoms with Gasteiger partial charge in [-0.1, -0.05) is 22.0 Å². The molecule has 0 bridgehead atoms. The molecule has 0 aromatic heterocycles. The smallest absolute Gasteiger partial charge is 0.148 e. The molecule has 0 saturated carbocycles. The number of allylic oxidation sites excluding steroid dienone is 4. The van der Waals surface area contributed by atoms with Gasteiger partial charge in [-0.25, -0.2) is 4.99 Å². The average molecular weight is 239 g/mol. The molecule has 66 valence electrons. The molecule has 1 aliphatic carbocycles. The van der Waals surface area contributed by atoms with Gasteiger partial charge in [0.15, 0.2) is 0 Å². The Kier molecular flexibility index (Phi) is 1.92. The van der Waals surface area contributed by atoms with Crippen molar-refractivity contribution >= 4 is 27.5 Å². The fraction of sp³-hybridized carbons (Fsp3) is 0.111. The number of aliphatic hydroxyl groups is 1. The Bertz CT molecular complexity index is 390. The third-order valence-electron chi connectivity index (χ3n) is 1.91. The maximum Gasteiger partial charge on any atom is 0.148 e. The van der Waals surface area contributed by atoms with Crippen LogP contribution < -0.4 is 0 Å². The fourth-order valence-electron chi connectivity index (χ4n) is 1.31. The second kappa shape index (κ2) is 2.96. The molecule has 1 heterocycles. The van der Waals surface area contributed by atoms with Crippen LogP contribution in [0.4, 0.5) is 0 Å². The van der Waals surface area contributed by atoms with E-state index >= 15 is 0 Å². The summed E-state index contributed by atoms with van der Waals surface area (Å²) in [4.78, 5) is 4.00. The van der Waals surface area contributed by atoms with Crippen LogP contribution in [0.5, 0.6) is 0 Å². The summed E-state index contributed by atoms with van der Waals surface area (Å²) < 4.78 is 0.921. The Morgan fingerprint density at radius 2 is 2.23 bits per heavy atom. The van der Waals surface area contributed by atoms with Crippen molar-refractivity contribution in [3.05, 3.63) is 34.5 Å². The first-order valence-electron chi connectivity index (χ1n) is 3.80. The molecule has 1 aliphatic heterocycles. The first kappa shape index (κ1) is 8.44. The van der Waals surface area contributed by atoms with E-state index in [1.165, 1.54) is 6.08 Å². The first-order chi connectivity index (χ1) is 6.16. The number of aliphatic hydroxyl groups excluding tert-OH is 1. The van der Waals surface area contributed by atoms with E-state index in [1.54, 1.807) is 6.08 Å². The molecule has 2 rings (SSSR count). The molecule has 0 saturated heterocycles. The zero-order chi connectivity index (χ0) is 9.42. The van der Waals surface area contributed by atoms with Crippen molar-refractivity contribution in [1.29, 1.82) is 5.41 Å². The lowest BCUT2D eigenvalue weighted by atomic mass is 9.94. The predicted molar refractivity (Wildman–Crippen MR) is 55.5 cm³/mol. The van der Waals surface area contributed by atoms with Crippen LogP contribution in [0, 0.1) is 11.3 Å². The van der Waals surface area contributed by atoms with Crippen LogP contribution in [0.1, 0.15) is 0 Å². The monoisotopic (exact) mass is 238 g/mol. The highest BCUT2D eigenvalue weighted by atomic mass is 79.9. The summed E-state index contributed by atoms with van der Waals surface area (Å²) in [5, 5.41) is 16.8. The maximum absolute atomic E-state index is 9.53. The van der Waals surface area contributed by atoms with Crippen LogP contribution in [0.2, 0.25) is 0 Å². The lowest BCUT2D eigenvalue weighted by molar-refractivity contribution is 0.383. The summed E-state index contributed by atoms with van der Waals surface area (Å²) in [6, 6.07) is 0. The Balaban J connectivity index is 2.44. The molecule has 4 heteroatoms. The van der Waals surface area contributed by atoms with Crippen molar-refractivity contribution < 1.29 is 5.11 Å². The third-order valence-corrected chi connectivity index (χ3v) is 2.44. The van der Waals surface area contributed by atoms with E-state index in [9.17, 15) is 5.11 Å². The molecule has 0 amide bonds. The van der Waals surface area contributed by atoms with Crippen LogP contribution in [0.25, 0.3) is 0 Å². The molecule has 2 aliphatic rings. The van der Waals surface area contributed by atoms with Gasteiger partial charge in [-0.2, -0.15) is 0 Å². The van der Waals surface area contributed by atoms with Crippen molar-refractivity contribution in [3.8, 4) is 0 Å². The molecule has 3 nitrogen and oxygen atoms in total. The average Bonchev–Trinajstić information content (AvgIpc) is 2.06. The number of rotatable bonds is 0. The van der Waals surface area contributed by atoms with E-state index in [2.05, 4.69) is 20.9 Å². The number of dihydropyridines is 1. The molecule has 0 aromatic rings. The quantitative estimate of drug-likeness (QED) is 0.669. The third kappa shape index (κ3) is 1.49. The highest BCUT2D eigenvalue weighted by molar-refractivity contribution is 9.11. The minimum absolute atomic E-state index is 0.0971. The van der Waals surface area contributed by atoms with Crippen molar-refractivity contribution in [1.82, 2.24) is 0 Å². The molecule has 0 radical (unpaired) electrons. The fourth-order valence-corrected chi connectivity index (χ4v) is 1.71. The molecule has 13 heavy (non-hydrogen) atoms. The second-order valence-electron chi connectivity index (χ2n) is 2.85. The summed E-state index contributed by atoms with van der Waals surface area (Å²) in [6.07, 6.45) is 6.87. The summed E-state index contributed by atoms with van der Waals surface area (Å²) in [5.41, 5.74) is 0.716. The lowest BCUT2D eigenvalue weighted by Gasteiger charge is -2.19. The van der Waals surface area contributed by atoms with Gasteiger partial charge in [-0.05, 0) is 12.2 Å². The van der Waals surface area contributed by atoms with E-state index in [1.807, 2.05) is 12.2 Å². The molecular weight excluding hydrogens is 232 g/mol. The summed E-state index contributed by atoms with van der Waals surface area (Å²) in [7, 11) is 0. The standard InChI is InChI=1S/C9H7BrN2O/c10-5-1-2-7-6(3-5)8(13)4-9(11)12-7/h1-4,6,11,13H. The van der Waals surface area contributed by atoms with Crippen molar-refractivity contribution in [2.75, 3.05) is 0 Å². The van der Waals surface area contributed by atoms with Crippen LogP contribution in [-0.4, -0.2) is 16.7 Å². The topological polar surface area (TPSA) is 56.4 Å². The summed E-state index contributed by atoms with van der Waals surface area (Å²) >= 11 is 3.32. The Morgan fingerprint density at radius 1 is 1.46 bits per heavy atom. The van der Waals surface area contributed by atoms with Crippen LogP contribution in [0.15, 0.2) is 39.5 Å². The maximum atomic E-state index is 9.53. The second-order valence-corrected chi connectivity index (χ2v) is 3.77. The number of fused-ring (bicyclic) bond motifs is 1. The number of amidine groups is 1. The summed E-state index contributed by atoms with van der Waals surface area (Å²) in [6.45, 7) is 0. The van der Waals surface area contributed by atoms with Crippen LogP contribution in [0.3, 0.4) is 0 Å². The zero-order valence-corrected chi connectivity index (χ0v) is 8.25.